The largest absolute Gasteiger partial charge is 0.481 e. The highest BCUT2D eigenvalue weighted by Crippen LogP contribution is 2.29. The molecule has 1 aliphatic heterocycles. The van der Waals surface area contributed by atoms with Crippen LogP contribution in [0.25, 0.3) is 0 Å². The van der Waals surface area contributed by atoms with Crippen molar-refractivity contribution in [1.82, 2.24) is 4.90 Å². The van der Waals surface area contributed by atoms with Gasteiger partial charge in [0.1, 0.15) is 0 Å². The fourth-order valence-electron chi connectivity index (χ4n) is 3.67. The molecule has 1 aromatic rings. The summed E-state index contributed by atoms with van der Waals surface area (Å²) in [6.07, 6.45) is 3.67. The van der Waals surface area contributed by atoms with E-state index in [9.17, 15) is 9.59 Å². The molecule has 2 aliphatic rings. The van der Waals surface area contributed by atoms with Crippen molar-refractivity contribution in [3.63, 3.8) is 0 Å². The van der Waals surface area contributed by atoms with Gasteiger partial charge in [0.05, 0.1) is 12.5 Å². The maximum atomic E-state index is 12.7. The number of nitrogens with zero attached hydrogens (tertiary/aromatic N) is 1. The molecule has 1 aromatic carbocycles. The van der Waals surface area contributed by atoms with Gasteiger partial charge in [-0.25, -0.2) is 0 Å². The van der Waals surface area contributed by atoms with Crippen molar-refractivity contribution in [3.8, 4) is 0 Å². The Morgan fingerprint density at radius 2 is 2.00 bits per heavy atom. The third kappa shape index (κ3) is 4.08. The predicted octanol–water partition coefficient (Wildman–Crippen LogP) is 2.60. The molecule has 4 nitrogen and oxygen atoms in total. The standard InChI is InChI=1S/C18H23NO3S/c20-17(19-7-8-23-12-16(19)11-18(21)22)10-13-5-6-14-3-1-2-4-15(14)9-13/h1-4,13,16H,5-12H2,(H,21,22). The molecule has 5 heteroatoms. The monoisotopic (exact) mass is 333 g/mol. The average Bonchev–Trinajstić information content (AvgIpc) is 2.54. The van der Waals surface area contributed by atoms with Gasteiger partial charge >= 0.3 is 5.97 Å². The molecule has 2 atom stereocenters. The quantitative estimate of drug-likeness (QED) is 0.920. The first-order valence-corrected chi connectivity index (χ1v) is 9.44. The van der Waals surface area contributed by atoms with E-state index < -0.39 is 5.97 Å². The topological polar surface area (TPSA) is 57.6 Å². The van der Waals surface area contributed by atoms with Crippen LogP contribution in [-0.4, -0.2) is 46.0 Å². The SMILES string of the molecule is O=C(O)CC1CSCCN1C(=O)CC1CCc2ccccc2C1. The molecule has 0 radical (unpaired) electrons. The van der Waals surface area contributed by atoms with E-state index in [0.29, 0.717) is 18.9 Å². The van der Waals surface area contributed by atoms with Gasteiger partial charge in [0.15, 0.2) is 0 Å². The second kappa shape index (κ2) is 7.39. The number of amides is 1. The van der Waals surface area contributed by atoms with Crippen LogP contribution in [0.5, 0.6) is 0 Å². The van der Waals surface area contributed by atoms with Gasteiger partial charge in [-0.2, -0.15) is 11.8 Å². The number of carbonyl (C=O) groups excluding carboxylic acids is 1. The van der Waals surface area contributed by atoms with Crippen molar-refractivity contribution in [1.29, 1.82) is 0 Å². The lowest BCUT2D eigenvalue weighted by molar-refractivity contribution is -0.140. The molecule has 2 unspecified atom stereocenters. The molecule has 1 fully saturated rings. The molecule has 1 N–H and O–H groups in total. The van der Waals surface area contributed by atoms with Crippen LogP contribution in [0.4, 0.5) is 0 Å². The number of rotatable bonds is 4. The van der Waals surface area contributed by atoms with Crippen molar-refractivity contribution in [2.24, 2.45) is 5.92 Å². The number of aliphatic carboxylic acids is 1. The summed E-state index contributed by atoms with van der Waals surface area (Å²) < 4.78 is 0. The van der Waals surface area contributed by atoms with Crippen molar-refractivity contribution < 1.29 is 14.7 Å². The van der Waals surface area contributed by atoms with Crippen LogP contribution >= 0.6 is 11.8 Å². The van der Waals surface area contributed by atoms with Crippen LogP contribution < -0.4 is 0 Å². The average molecular weight is 333 g/mol. The van der Waals surface area contributed by atoms with E-state index in [1.807, 2.05) is 4.90 Å². The molecule has 3 rings (SSSR count). The summed E-state index contributed by atoms with van der Waals surface area (Å²) in [6.45, 7) is 0.685. The third-order valence-corrected chi connectivity index (χ3v) is 5.96. The molecule has 0 spiro atoms. The number of hydrogen-bond acceptors (Lipinski definition) is 3. The molecule has 0 bridgehead atoms. The summed E-state index contributed by atoms with van der Waals surface area (Å²) in [4.78, 5) is 25.5. The highest BCUT2D eigenvalue weighted by atomic mass is 32.2. The Balaban J connectivity index is 1.61. The Bertz CT molecular complexity index is 589. The van der Waals surface area contributed by atoms with Gasteiger partial charge in [-0.05, 0) is 36.3 Å². The van der Waals surface area contributed by atoms with Crippen molar-refractivity contribution in [2.75, 3.05) is 18.1 Å². The predicted molar refractivity (Wildman–Crippen MR) is 91.7 cm³/mol. The van der Waals surface area contributed by atoms with Gasteiger partial charge < -0.3 is 10.0 Å². The van der Waals surface area contributed by atoms with Gasteiger partial charge in [0.2, 0.25) is 5.91 Å². The van der Waals surface area contributed by atoms with Crippen molar-refractivity contribution >= 4 is 23.6 Å². The summed E-state index contributed by atoms with van der Waals surface area (Å²) in [5.41, 5.74) is 2.78. The molecule has 0 saturated carbocycles. The maximum Gasteiger partial charge on any atom is 0.305 e. The third-order valence-electron chi connectivity index (χ3n) is 4.87. The fraction of sp³-hybridized carbons (Fsp3) is 0.556. The molecule has 1 aliphatic carbocycles. The van der Waals surface area contributed by atoms with E-state index in [2.05, 4.69) is 24.3 Å². The Hall–Kier alpha value is -1.49. The van der Waals surface area contributed by atoms with Crippen LogP contribution in [0.15, 0.2) is 24.3 Å². The second-order valence-electron chi connectivity index (χ2n) is 6.50. The summed E-state index contributed by atoms with van der Waals surface area (Å²) >= 11 is 1.75. The zero-order valence-electron chi connectivity index (χ0n) is 13.2. The van der Waals surface area contributed by atoms with Gasteiger partial charge in [-0.1, -0.05) is 24.3 Å². The second-order valence-corrected chi connectivity index (χ2v) is 7.65. The van der Waals surface area contributed by atoms with Crippen LogP contribution in [0.1, 0.15) is 30.4 Å². The Morgan fingerprint density at radius 3 is 2.78 bits per heavy atom. The van der Waals surface area contributed by atoms with Crippen molar-refractivity contribution in [3.05, 3.63) is 35.4 Å². The number of carboxylic acids is 1. The zero-order valence-corrected chi connectivity index (χ0v) is 14.1. The molecule has 124 valence electrons. The lowest BCUT2D eigenvalue weighted by Crippen LogP contribution is -2.47. The van der Waals surface area contributed by atoms with E-state index in [-0.39, 0.29) is 18.4 Å². The maximum absolute atomic E-state index is 12.7. The minimum absolute atomic E-state index is 0.0617. The molecule has 23 heavy (non-hydrogen) atoms. The first kappa shape index (κ1) is 16.4. The molecule has 1 heterocycles. The Morgan fingerprint density at radius 1 is 1.22 bits per heavy atom. The summed E-state index contributed by atoms with van der Waals surface area (Å²) in [6, 6.07) is 8.34. The summed E-state index contributed by atoms with van der Waals surface area (Å²) in [7, 11) is 0. The van der Waals surface area contributed by atoms with E-state index in [1.54, 1.807) is 11.8 Å². The minimum atomic E-state index is -0.818. The highest BCUT2D eigenvalue weighted by Gasteiger charge is 2.30. The Labute approximate surface area is 141 Å². The lowest BCUT2D eigenvalue weighted by Gasteiger charge is -2.36. The molecular formula is C18H23NO3S. The van der Waals surface area contributed by atoms with E-state index >= 15 is 0 Å². The number of carboxylic acid groups (broad SMARTS) is 1. The molecule has 1 amide bonds. The number of hydrogen-bond donors (Lipinski definition) is 1. The number of benzene rings is 1. The van der Waals surface area contributed by atoms with Crippen molar-refractivity contribution in [2.45, 2.75) is 38.1 Å². The number of carbonyl (C=O) groups is 2. The zero-order chi connectivity index (χ0) is 16.2. The van der Waals surface area contributed by atoms with Crippen LogP contribution in [-0.2, 0) is 22.4 Å². The van der Waals surface area contributed by atoms with Gasteiger partial charge in [-0.3, -0.25) is 9.59 Å². The fourth-order valence-corrected chi connectivity index (χ4v) is 4.73. The summed E-state index contributed by atoms with van der Waals surface area (Å²) in [5, 5.41) is 9.05. The van der Waals surface area contributed by atoms with Gasteiger partial charge in [0.25, 0.3) is 0 Å². The molecule has 1 saturated heterocycles. The van der Waals surface area contributed by atoms with Crippen LogP contribution in [0.3, 0.4) is 0 Å². The minimum Gasteiger partial charge on any atom is -0.481 e. The number of aryl methyl sites for hydroxylation is 1. The van der Waals surface area contributed by atoms with Gasteiger partial charge in [-0.15, -0.1) is 0 Å². The number of fused-ring (bicyclic) bond motifs is 1. The number of thioether (sulfide) groups is 1. The van der Waals surface area contributed by atoms with Gasteiger partial charge in [0, 0.05) is 24.5 Å². The Kier molecular flexibility index (Phi) is 5.26. The van der Waals surface area contributed by atoms with Crippen LogP contribution in [0, 0.1) is 5.92 Å². The normalized spacial score (nSPS) is 24.1. The molecule has 0 aromatic heterocycles. The lowest BCUT2D eigenvalue weighted by atomic mass is 9.82. The first-order valence-electron chi connectivity index (χ1n) is 8.29. The summed E-state index contributed by atoms with van der Waals surface area (Å²) in [5.74, 6) is 1.36. The smallest absolute Gasteiger partial charge is 0.305 e. The first-order chi connectivity index (χ1) is 11.1. The van der Waals surface area contributed by atoms with Crippen LogP contribution in [0.2, 0.25) is 0 Å². The molecular weight excluding hydrogens is 310 g/mol. The van der Waals surface area contributed by atoms with E-state index in [4.69, 9.17) is 5.11 Å². The van der Waals surface area contributed by atoms with E-state index in [1.165, 1.54) is 11.1 Å². The van der Waals surface area contributed by atoms with E-state index in [0.717, 1.165) is 30.8 Å². The highest BCUT2D eigenvalue weighted by molar-refractivity contribution is 7.99.